The molecule has 5 heteroatoms. The van der Waals surface area contributed by atoms with Crippen molar-refractivity contribution < 1.29 is 0 Å². The topological polar surface area (TPSA) is 42.2 Å². The van der Waals surface area contributed by atoms with Gasteiger partial charge in [-0.3, -0.25) is 0 Å². The molecule has 0 aliphatic rings. The van der Waals surface area contributed by atoms with E-state index < -0.39 is 0 Å². The molecule has 3 heterocycles. The largest absolute Gasteiger partial charge is 0.365 e. The summed E-state index contributed by atoms with van der Waals surface area (Å²) >= 11 is 1.80. The highest BCUT2D eigenvalue weighted by molar-refractivity contribution is 7.09. The first-order chi connectivity index (χ1) is 10.1. The fourth-order valence-corrected chi connectivity index (χ4v) is 3.18. The van der Waals surface area contributed by atoms with Gasteiger partial charge in [0, 0.05) is 29.7 Å². The number of nitrogens with one attached hydrogen (secondary N) is 1. The van der Waals surface area contributed by atoms with Crippen LogP contribution in [0.15, 0.2) is 36.0 Å². The zero-order valence-electron chi connectivity index (χ0n) is 12.6. The molecule has 1 atom stereocenters. The lowest BCUT2D eigenvalue weighted by molar-refractivity contribution is 0.780. The Hall–Kier alpha value is -1.88. The van der Waals surface area contributed by atoms with Gasteiger partial charge in [0.2, 0.25) is 0 Å². The molecule has 0 fully saturated rings. The van der Waals surface area contributed by atoms with E-state index in [9.17, 15) is 0 Å². The van der Waals surface area contributed by atoms with E-state index in [-0.39, 0.29) is 0 Å². The van der Waals surface area contributed by atoms with E-state index in [1.54, 1.807) is 17.5 Å². The van der Waals surface area contributed by atoms with Gasteiger partial charge in [0.25, 0.3) is 0 Å². The van der Waals surface area contributed by atoms with Crippen molar-refractivity contribution in [3.05, 3.63) is 46.5 Å². The predicted molar refractivity (Wildman–Crippen MR) is 88.2 cm³/mol. The number of hydrogen-bond acceptors (Lipinski definition) is 4. The molecule has 1 N–H and O–H groups in total. The van der Waals surface area contributed by atoms with Crippen LogP contribution >= 0.6 is 11.3 Å². The Morgan fingerprint density at radius 2 is 2.19 bits per heavy atom. The van der Waals surface area contributed by atoms with Crippen molar-refractivity contribution >= 4 is 22.7 Å². The maximum Gasteiger partial charge on any atom is 0.152 e. The van der Waals surface area contributed by atoms with Gasteiger partial charge < -0.3 is 5.32 Å². The zero-order chi connectivity index (χ0) is 14.8. The minimum atomic E-state index is 0.333. The highest BCUT2D eigenvalue weighted by Gasteiger charge is 2.12. The van der Waals surface area contributed by atoms with Crippen molar-refractivity contribution in [3.63, 3.8) is 0 Å². The molecule has 3 aromatic rings. The second kappa shape index (κ2) is 5.85. The zero-order valence-corrected chi connectivity index (χ0v) is 13.4. The molecule has 0 radical (unpaired) electrons. The highest BCUT2D eigenvalue weighted by Crippen LogP contribution is 2.21. The molecule has 110 valence electrons. The van der Waals surface area contributed by atoms with Crippen LogP contribution in [0.3, 0.4) is 0 Å². The van der Waals surface area contributed by atoms with Crippen LogP contribution in [0.1, 0.15) is 37.3 Å². The summed E-state index contributed by atoms with van der Waals surface area (Å²) in [5.41, 5.74) is 2.14. The average molecular weight is 300 g/mol. The summed E-state index contributed by atoms with van der Waals surface area (Å²) in [4.78, 5) is 5.87. The molecular formula is C16H20N4S. The second-order valence-corrected chi connectivity index (χ2v) is 6.69. The van der Waals surface area contributed by atoms with E-state index in [1.165, 1.54) is 4.88 Å². The maximum atomic E-state index is 4.59. The van der Waals surface area contributed by atoms with Crippen LogP contribution in [-0.4, -0.2) is 20.6 Å². The number of aromatic nitrogens is 3. The van der Waals surface area contributed by atoms with Gasteiger partial charge in [-0.25, -0.2) is 9.50 Å². The summed E-state index contributed by atoms with van der Waals surface area (Å²) in [7, 11) is 0. The van der Waals surface area contributed by atoms with Gasteiger partial charge in [0.1, 0.15) is 5.52 Å². The average Bonchev–Trinajstić information content (AvgIpc) is 3.07. The Labute approximate surface area is 128 Å². The molecule has 1 unspecified atom stereocenters. The fourth-order valence-electron chi connectivity index (χ4n) is 2.35. The first-order valence-electron chi connectivity index (χ1n) is 7.26. The summed E-state index contributed by atoms with van der Waals surface area (Å²) in [6, 6.07) is 6.72. The molecule has 0 spiro atoms. The van der Waals surface area contributed by atoms with E-state index >= 15 is 0 Å². The summed E-state index contributed by atoms with van der Waals surface area (Å²) in [6.45, 7) is 6.49. The summed E-state index contributed by atoms with van der Waals surface area (Å²) in [6.07, 6.45) is 4.70. The van der Waals surface area contributed by atoms with Crippen molar-refractivity contribution in [3.8, 4) is 0 Å². The molecule has 0 aliphatic carbocycles. The van der Waals surface area contributed by atoms with Crippen molar-refractivity contribution in [1.82, 2.24) is 14.6 Å². The van der Waals surface area contributed by atoms with Crippen molar-refractivity contribution in [2.75, 3.05) is 5.32 Å². The van der Waals surface area contributed by atoms with Gasteiger partial charge in [-0.05, 0) is 30.4 Å². The minimum absolute atomic E-state index is 0.333. The number of rotatable bonds is 5. The van der Waals surface area contributed by atoms with Crippen molar-refractivity contribution in [2.24, 2.45) is 0 Å². The van der Waals surface area contributed by atoms with Crippen LogP contribution in [0.4, 0.5) is 5.82 Å². The Balaban J connectivity index is 1.83. The third-order valence-corrected chi connectivity index (χ3v) is 4.37. The monoisotopic (exact) mass is 300 g/mol. The van der Waals surface area contributed by atoms with Crippen molar-refractivity contribution in [1.29, 1.82) is 0 Å². The number of anilines is 1. The molecule has 21 heavy (non-hydrogen) atoms. The van der Waals surface area contributed by atoms with Gasteiger partial charge in [0.15, 0.2) is 5.82 Å². The Morgan fingerprint density at radius 1 is 1.33 bits per heavy atom. The molecule has 3 rings (SSSR count). The SMILES string of the molecule is CC(Cc1cccs1)Nc1nccn2nc(C(C)C)cc12. The normalized spacial score (nSPS) is 13.0. The standard InChI is InChI=1S/C16H20N4S/c1-11(2)14-10-15-16(17-6-7-20(15)19-14)18-12(3)9-13-5-4-8-21-13/h4-8,10-12H,9H2,1-3H3,(H,17,18). The Bertz CT molecular complexity index is 715. The van der Waals surface area contributed by atoms with Gasteiger partial charge >= 0.3 is 0 Å². The number of nitrogens with zero attached hydrogens (tertiary/aromatic N) is 3. The fraction of sp³-hybridized carbons (Fsp3) is 0.375. The quantitative estimate of drug-likeness (QED) is 0.775. The highest BCUT2D eigenvalue weighted by atomic mass is 32.1. The lowest BCUT2D eigenvalue weighted by Crippen LogP contribution is -2.18. The van der Waals surface area contributed by atoms with E-state index in [4.69, 9.17) is 0 Å². The lowest BCUT2D eigenvalue weighted by atomic mass is 10.1. The summed E-state index contributed by atoms with van der Waals surface area (Å²) in [5, 5.41) is 10.2. The lowest BCUT2D eigenvalue weighted by Gasteiger charge is -2.14. The summed E-state index contributed by atoms with van der Waals surface area (Å²) in [5.74, 6) is 1.32. The molecule has 0 amide bonds. The van der Waals surface area contributed by atoms with Crippen LogP contribution in [0, 0.1) is 0 Å². The Morgan fingerprint density at radius 3 is 2.90 bits per heavy atom. The number of thiophene rings is 1. The van der Waals surface area contributed by atoms with E-state index in [1.807, 2.05) is 10.7 Å². The maximum absolute atomic E-state index is 4.59. The molecule has 3 aromatic heterocycles. The number of hydrogen-bond donors (Lipinski definition) is 1. The second-order valence-electron chi connectivity index (χ2n) is 5.66. The van der Waals surface area contributed by atoms with Gasteiger partial charge in [-0.15, -0.1) is 11.3 Å². The van der Waals surface area contributed by atoms with Crippen molar-refractivity contribution in [2.45, 2.75) is 39.2 Å². The van der Waals surface area contributed by atoms with E-state index in [2.05, 4.69) is 59.7 Å². The molecule has 0 aromatic carbocycles. The minimum Gasteiger partial charge on any atom is -0.365 e. The van der Waals surface area contributed by atoms with Crippen LogP contribution in [0.25, 0.3) is 5.52 Å². The third-order valence-electron chi connectivity index (χ3n) is 3.47. The number of fused-ring (bicyclic) bond motifs is 1. The van der Waals surface area contributed by atoms with E-state index in [0.29, 0.717) is 12.0 Å². The molecule has 0 saturated carbocycles. The van der Waals surface area contributed by atoms with Gasteiger partial charge in [-0.1, -0.05) is 19.9 Å². The van der Waals surface area contributed by atoms with Gasteiger partial charge in [-0.2, -0.15) is 5.10 Å². The molecular weight excluding hydrogens is 280 g/mol. The smallest absolute Gasteiger partial charge is 0.152 e. The van der Waals surface area contributed by atoms with Crippen LogP contribution in [-0.2, 0) is 6.42 Å². The predicted octanol–water partition coefficient (Wildman–Crippen LogP) is 3.96. The molecule has 0 bridgehead atoms. The molecule has 0 aliphatic heterocycles. The Kier molecular flexibility index (Phi) is 3.92. The van der Waals surface area contributed by atoms with E-state index in [0.717, 1.165) is 23.4 Å². The van der Waals surface area contributed by atoms with Crippen LogP contribution in [0.2, 0.25) is 0 Å². The first-order valence-corrected chi connectivity index (χ1v) is 8.14. The molecule has 4 nitrogen and oxygen atoms in total. The first kappa shape index (κ1) is 14.1. The third kappa shape index (κ3) is 3.08. The van der Waals surface area contributed by atoms with Crippen LogP contribution in [0.5, 0.6) is 0 Å². The molecule has 0 saturated heterocycles. The van der Waals surface area contributed by atoms with Crippen LogP contribution < -0.4 is 5.32 Å². The van der Waals surface area contributed by atoms with Gasteiger partial charge in [0.05, 0.1) is 5.69 Å². The summed E-state index contributed by atoms with van der Waals surface area (Å²) < 4.78 is 1.91.